The molecule has 314 valence electrons. The van der Waals surface area contributed by atoms with Gasteiger partial charge in [0.25, 0.3) is 5.91 Å². The molecular weight excluding hydrogens is 730 g/mol. The second kappa shape index (κ2) is 21.5. The summed E-state index contributed by atoms with van der Waals surface area (Å²) < 4.78 is 35.7. The van der Waals surface area contributed by atoms with Gasteiger partial charge in [-0.3, -0.25) is 19.4 Å². The van der Waals surface area contributed by atoms with Crippen LogP contribution in [0.2, 0.25) is 0 Å². The van der Waals surface area contributed by atoms with E-state index in [1.807, 2.05) is 33.8 Å². The van der Waals surface area contributed by atoms with E-state index < -0.39 is 71.8 Å². The Kier molecular flexibility index (Phi) is 17.8. The normalized spacial score (nSPS) is 30.1. The molecule has 8 N–H and O–H groups in total. The van der Waals surface area contributed by atoms with Gasteiger partial charge in [-0.15, -0.1) is 0 Å². The smallest absolute Gasteiger partial charge is 0.326 e. The number of carbonyl (C=O) groups is 4. The Morgan fingerprint density at radius 2 is 1.79 bits per heavy atom. The lowest BCUT2D eigenvalue weighted by Crippen LogP contribution is -2.69. The number of Topliss-reactive ketones (excluding diaryl/α,β-unsaturated/α-hetero) is 1. The number of hydrogen-bond donors (Lipinski definition) is 6. The Labute approximate surface area is 328 Å². The molecule has 0 aromatic rings. The summed E-state index contributed by atoms with van der Waals surface area (Å²) in [6.07, 6.45) is 6.31. The van der Waals surface area contributed by atoms with E-state index in [-0.39, 0.29) is 56.4 Å². The summed E-state index contributed by atoms with van der Waals surface area (Å²) in [6.45, 7) is 11.9. The Bertz CT molecular complexity index is 1490. The van der Waals surface area contributed by atoms with Crippen LogP contribution in [-0.4, -0.2) is 122 Å². The number of unbranched alkanes of at least 4 members (excludes halogenated alkanes) is 1. The molecule has 0 aromatic carbocycles. The summed E-state index contributed by atoms with van der Waals surface area (Å²) in [5, 5.41) is 25.7. The summed E-state index contributed by atoms with van der Waals surface area (Å²) in [4.78, 5) is 54.1. The Balaban J connectivity index is 1.51. The first-order valence-corrected chi connectivity index (χ1v) is 18.9. The number of aliphatic carboxylic acids is 1. The minimum Gasteiger partial charge on any atom is -0.480 e. The van der Waals surface area contributed by atoms with E-state index in [9.17, 15) is 29.4 Å². The standard InChI is InChI=1S/C39H61N5O12/c1-23-21-39(52-7,56-25(3)24(23)2)32(47)34(48)44-35-31-30(53-22-54-35)33(51-6)38(4,5)28(55-31)20-26(45)16-13-11-9-8-10-12-14-18-29(46)43-27(36(49)50)17-15-19-42-37(40)41/h8-10,12,14,18,24-25,27-28,30-33,35,47H,1,11,13,15-17,19-22H2,2-7H3,(H,43,46)(H,44,48)(H,49,50)(H4,40,41,42)/b9-8+,12-10+,18-14+/t24-,25-,27+,28-,30+,31+,32-,33-,35+,39-/m1/s1. The van der Waals surface area contributed by atoms with Crippen LogP contribution in [0.3, 0.4) is 0 Å². The number of hydrogen-bond acceptors (Lipinski definition) is 12. The number of aliphatic hydroxyl groups excluding tert-OH is 1. The van der Waals surface area contributed by atoms with Crippen molar-refractivity contribution in [2.45, 2.75) is 127 Å². The summed E-state index contributed by atoms with van der Waals surface area (Å²) in [5.41, 5.74) is 10.7. The fourth-order valence-electron chi connectivity index (χ4n) is 7.04. The number of aliphatic imine (C=N–C) groups is 1. The number of methoxy groups -OCH3 is 2. The van der Waals surface area contributed by atoms with Crippen LogP contribution >= 0.6 is 0 Å². The van der Waals surface area contributed by atoms with E-state index in [0.717, 1.165) is 5.57 Å². The van der Waals surface area contributed by atoms with Gasteiger partial charge in [0, 0.05) is 57.4 Å². The van der Waals surface area contributed by atoms with Gasteiger partial charge in [0.1, 0.15) is 30.8 Å². The minimum absolute atomic E-state index is 0.0114. The molecule has 3 fully saturated rings. The quantitative estimate of drug-likeness (QED) is 0.0257. The van der Waals surface area contributed by atoms with Crippen LogP contribution < -0.4 is 22.1 Å². The van der Waals surface area contributed by atoms with Crippen LogP contribution in [0.1, 0.15) is 72.6 Å². The van der Waals surface area contributed by atoms with Crippen molar-refractivity contribution in [3.8, 4) is 0 Å². The molecule has 3 rings (SSSR count). The molecule has 56 heavy (non-hydrogen) atoms. The average Bonchev–Trinajstić information content (AvgIpc) is 3.14. The van der Waals surface area contributed by atoms with Crippen LogP contribution in [0.5, 0.6) is 0 Å². The molecule has 0 bridgehead atoms. The number of ether oxygens (including phenoxy) is 6. The molecule has 0 aliphatic carbocycles. The molecular formula is C39H61N5O12. The number of guanidine groups is 1. The van der Waals surface area contributed by atoms with Crippen LogP contribution in [0.25, 0.3) is 0 Å². The molecule has 2 amide bonds. The van der Waals surface area contributed by atoms with Crippen LogP contribution in [0.4, 0.5) is 0 Å². The summed E-state index contributed by atoms with van der Waals surface area (Å²) in [6, 6.07) is -1.07. The van der Waals surface area contributed by atoms with Gasteiger partial charge >= 0.3 is 5.97 Å². The molecule has 0 radical (unpaired) electrons. The highest BCUT2D eigenvalue weighted by Crippen LogP contribution is 2.44. The molecule has 3 aliphatic rings. The lowest BCUT2D eigenvalue weighted by atomic mass is 9.72. The van der Waals surface area contributed by atoms with E-state index in [1.54, 1.807) is 25.3 Å². The van der Waals surface area contributed by atoms with Crippen molar-refractivity contribution in [1.82, 2.24) is 10.6 Å². The molecule has 3 saturated heterocycles. The molecule has 10 atom stereocenters. The number of aliphatic hydroxyl groups is 1. The van der Waals surface area contributed by atoms with Crippen molar-refractivity contribution in [3.05, 3.63) is 48.6 Å². The number of ketones is 1. The molecule has 17 heteroatoms. The lowest BCUT2D eigenvalue weighted by Gasteiger charge is -2.54. The molecule has 17 nitrogen and oxygen atoms in total. The van der Waals surface area contributed by atoms with Crippen molar-refractivity contribution < 1.29 is 57.8 Å². The third-order valence-electron chi connectivity index (χ3n) is 10.6. The number of carboxylic acid groups (broad SMARTS) is 1. The highest BCUT2D eigenvalue weighted by molar-refractivity contribution is 5.91. The zero-order valence-corrected chi connectivity index (χ0v) is 33.3. The second-order valence-corrected chi connectivity index (χ2v) is 14.9. The first-order chi connectivity index (χ1) is 26.5. The maximum atomic E-state index is 13.5. The summed E-state index contributed by atoms with van der Waals surface area (Å²) in [5.74, 6) is -4.21. The predicted octanol–water partition coefficient (Wildman–Crippen LogP) is 1.74. The van der Waals surface area contributed by atoms with Gasteiger partial charge in [-0.05, 0) is 32.6 Å². The topological polar surface area (TPSA) is 253 Å². The van der Waals surface area contributed by atoms with Gasteiger partial charge in [0.2, 0.25) is 11.7 Å². The number of rotatable bonds is 20. The van der Waals surface area contributed by atoms with Gasteiger partial charge < -0.3 is 60.7 Å². The third kappa shape index (κ3) is 12.5. The zero-order chi connectivity index (χ0) is 41.6. The van der Waals surface area contributed by atoms with Crippen LogP contribution in [-0.2, 0) is 47.6 Å². The maximum absolute atomic E-state index is 13.5. The third-order valence-corrected chi connectivity index (χ3v) is 10.6. The molecule has 0 aromatic heterocycles. The molecule has 0 saturated carbocycles. The first-order valence-electron chi connectivity index (χ1n) is 18.9. The van der Waals surface area contributed by atoms with Gasteiger partial charge in [-0.2, -0.15) is 0 Å². The van der Waals surface area contributed by atoms with E-state index in [1.165, 1.54) is 19.3 Å². The number of allylic oxidation sites excluding steroid dienone is 5. The molecule has 0 spiro atoms. The number of fused-ring (bicyclic) bond motifs is 1. The predicted molar refractivity (Wildman–Crippen MR) is 206 cm³/mol. The van der Waals surface area contributed by atoms with Gasteiger partial charge in [-0.1, -0.05) is 63.3 Å². The summed E-state index contributed by atoms with van der Waals surface area (Å²) >= 11 is 0. The van der Waals surface area contributed by atoms with Crippen molar-refractivity contribution in [1.29, 1.82) is 0 Å². The summed E-state index contributed by atoms with van der Waals surface area (Å²) in [7, 11) is 2.93. The largest absolute Gasteiger partial charge is 0.480 e. The fraction of sp³-hybridized carbons (Fsp3) is 0.667. The number of nitrogens with one attached hydrogen (secondary N) is 2. The zero-order valence-electron chi connectivity index (χ0n) is 33.3. The second-order valence-electron chi connectivity index (χ2n) is 14.9. The molecule has 3 heterocycles. The number of amides is 2. The van der Waals surface area contributed by atoms with Gasteiger partial charge in [0.05, 0.1) is 18.3 Å². The maximum Gasteiger partial charge on any atom is 0.326 e. The van der Waals surface area contributed by atoms with Gasteiger partial charge in [0.15, 0.2) is 18.3 Å². The fourth-order valence-corrected chi connectivity index (χ4v) is 7.04. The Morgan fingerprint density at radius 3 is 2.43 bits per heavy atom. The Morgan fingerprint density at radius 1 is 1.07 bits per heavy atom. The van der Waals surface area contributed by atoms with E-state index in [0.29, 0.717) is 25.7 Å². The van der Waals surface area contributed by atoms with Crippen molar-refractivity contribution in [2.24, 2.45) is 27.8 Å². The highest BCUT2D eigenvalue weighted by atomic mass is 16.7. The first kappa shape index (κ1) is 46.4. The molecule has 0 unspecified atom stereocenters. The minimum atomic E-state index is -1.72. The van der Waals surface area contributed by atoms with Crippen LogP contribution in [0, 0.1) is 11.3 Å². The monoisotopic (exact) mass is 791 g/mol. The number of carboxylic acids is 1. The van der Waals surface area contributed by atoms with Gasteiger partial charge in [-0.25, -0.2) is 4.79 Å². The van der Waals surface area contributed by atoms with E-state index in [2.05, 4.69) is 22.2 Å². The SMILES string of the molecule is C=C1C[C@](OC)([C@H](O)C(=O)N[C@H]2OCO[C@H]3[C@@H]2O[C@H](CC(=O)CCC/C=C/C=C/C=C/C(=O)N[C@@H](CCCN=C(N)N)C(=O)O)C(C)(C)[C@@H]3OC)O[C@H](C)[C@@H]1C. The van der Waals surface area contributed by atoms with Crippen LogP contribution in [0.15, 0.2) is 53.6 Å². The number of nitrogens with two attached hydrogens (primary N) is 2. The van der Waals surface area contributed by atoms with Crippen molar-refractivity contribution >= 4 is 29.5 Å². The van der Waals surface area contributed by atoms with Crippen molar-refractivity contribution in [3.63, 3.8) is 0 Å². The number of carbonyl (C=O) groups excluding carboxylic acids is 3. The number of nitrogens with zero attached hydrogens (tertiary/aromatic N) is 1. The lowest BCUT2D eigenvalue weighted by molar-refractivity contribution is -0.330. The molecule has 3 aliphatic heterocycles. The highest BCUT2D eigenvalue weighted by Gasteiger charge is 2.57. The van der Waals surface area contributed by atoms with E-state index in [4.69, 9.17) is 39.9 Å². The Hall–Kier alpha value is -3.97. The van der Waals surface area contributed by atoms with E-state index >= 15 is 0 Å². The van der Waals surface area contributed by atoms with Crippen molar-refractivity contribution in [2.75, 3.05) is 27.6 Å². The average molecular weight is 792 g/mol.